The summed E-state index contributed by atoms with van der Waals surface area (Å²) in [6, 6.07) is 5.05. The molecule has 6 nitrogen and oxygen atoms in total. The molecule has 6 heteroatoms. The molecule has 17 heavy (non-hydrogen) atoms. The number of hydrogen-bond donors (Lipinski definition) is 0. The monoisotopic (exact) mass is 232 g/mol. The first kappa shape index (κ1) is 11.3. The SMILES string of the molecule is CC(C)c1ccc([N+](=O)[O-])c(-n2cncn2)c1. The number of nitrogens with zero attached hydrogens (tertiary/aromatic N) is 4. The van der Waals surface area contributed by atoms with Gasteiger partial charge >= 0.3 is 0 Å². The molecule has 0 saturated carbocycles. The molecule has 1 aromatic carbocycles. The maximum absolute atomic E-state index is 10.9. The van der Waals surface area contributed by atoms with Gasteiger partial charge in [-0.25, -0.2) is 9.67 Å². The fourth-order valence-electron chi connectivity index (χ4n) is 1.57. The predicted molar refractivity (Wildman–Crippen MR) is 62.1 cm³/mol. The molecule has 0 saturated heterocycles. The first-order chi connectivity index (χ1) is 8.09. The van der Waals surface area contributed by atoms with Crippen LogP contribution >= 0.6 is 0 Å². The predicted octanol–water partition coefficient (Wildman–Crippen LogP) is 2.30. The average molecular weight is 232 g/mol. The zero-order valence-corrected chi connectivity index (χ0v) is 9.57. The van der Waals surface area contributed by atoms with E-state index < -0.39 is 4.92 Å². The molecule has 1 heterocycles. The number of hydrogen-bond acceptors (Lipinski definition) is 4. The molecule has 0 amide bonds. The Bertz CT molecular complexity index is 534. The highest BCUT2D eigenvalue weighted by molar-refractivity contribution is 5.54. The van der Waals surface area contributed by atoms with E-state index in [-0.39, 0.29) is 5.69 Å². The van der Waals surface area contributed by atoms with Crippen LogP contribution in [-0.4, -0.2) is 19.7 Å². The van der Waals surface area contributed by atoms with Gasteiger partial charge in [-0.3, -0.25) is 10.1 Å². The van der Waals surface area contributed by atoms with Crippen molar-refractivity contribution >= 4 is 5.69 Å². The van der Waals surface area contributed by atoms with E-state index in [9.17, 15) is 10.1 Å². The maximum atomic E-state index is 10.9. The molecule has 0 aliphatic carbocycles. The van der Waals surface area contributed by atoms with Crippen LogP contribution in [0, 0.1) is 10.1 Å². The van der Waals surface area contributed by atoms with Crippen molar-refractivity contribution in [1.82, 2.24) is 14.8 Å². The molecular weight excluding hydrogens is 220 g/mol. The Kier molecular flexibility index (Phi) is 2.86. The summed E-state index contributed by atoms with van der Waals surface area (Å²) in [5, 5.41) is 14.9. The highest BCUT2D eigenvalue weighted by Crippen LogP contribution is 2.26. The van der Waals surface area contributed by atoms with E-state index in [0.29, 0.717) is 11.6 Å². The second kappa shape index (κ2) is 4.32. The van der Waals surface area contributed by atoms with Crippen molar-refractivity contribution in [3.63, 3.8) is 0 Å². The Balaban J connectivity index is 2.60. The van der Waals surface area contributed by atoms with Gasteiger partial charge in [0, 0.05) is 6.07 Å². The van der Waals surface area contributed by atoms with Gasteiger partial charge in [0.1, 0.15) is 18.3 Å². The van der Waals surface area contributed by atoms with Crippen molar-refractivity contribution in [2.75, 3.05) is 0 Å². The van der Waals surface area contributed by atoms with Crippen molar-refractivity contribution in [2.45, 2.75) is 19.8 Å². The number of nitro benzene ring substituents is 1. The molecule has 2 rings (SSSR count). The molecule has 0 aliphatic heterocycles. The molecule has 0 bridgehead atoms. The highest BCUT2D eigenvalue weighted by atomic mass is 16.6. The first-order valence-electron chi connectivity index (χ1n) is 5.23. The fourth-order valence-corrected chi connectivity index (χ4v) is 1.57. The number of aromatic nitrogens is 3. The minimum Gasteiger partial charge on any atom is -0.258 e. The fraction of sp³-hybridized carbons (Fsp3) is 0.273. The largest absolute Gasteiger partial charge is 0.294 e. The van der Waals surface area contributed by atoms with Crippen LogP contribution in [0.1, 0.15) is 25.3 Å². The van der Waals surface area contributed by atoms with Gasteiger partial charge in [-0.1, -0.05) is 19.9 Å². The van der Waals surface area contributed by atoms with Gasteiger partial charge in [0.05, 0.1) is 4.92 Å². The molecule has 1 aromatic heterocycles. The van der Waals surface area contributed by atoms with Crippen molar-refractivity contribution < 1.29 is 4.92 Å². The summed E-state index contributed by atoms with van der Waals surface area (Å²) in [4.78, 5) is 14.3. The molecule has 0 fully saturated rings. The molecule has 0 spiro atoms. The Morgan fingerprint density at radius 1 is 1.41 bits per heavy atom. The van der Waals surface area contributed by atoms with Crippen LogP contribution in [0.3, 0.4) is 0 Å². The zero-order valence-electron chi connectivity index (χ0n) is 9.57. The van der Waals surface area contributed by atoms with Gasteiger partial charge in [0.2, 0.25) is 0 Å². The molecular formula is C11H12N4O2. The number of rotatable bonds is 3. The lowest BCUT2D eigenvalue weighted by Gasteiger charge is -2.08. The van der Waals surface area contributed by atoms with E-state index in [4.69, 9.17) is 0 Å². The third kappa shape index (κ3) is 2.15. The molecule has 0 atom stereocenters. The van der Waals surface area contributed by atoms with E-state index in [1.54, 1.807) is 12.1 Å². The Labute approximate surface area is 98.1 Å². The lowest BCUT2D eigenvalue weighted by Crippen LogP contribution is -2.02. The van der Waals surface area contributed by atoms with Crippen molar-refractivity contribution in [3.8, 4) is 5.69 Å². The van der Waals surface area contributed by atoms with Crippen LogP contribution in [0.5, 0.6) is 0 Å². The van der Waals surface area contributed by atoms with Crippen LogP contribution in [0.2, 0.25) is 0 Å². The van der Waals surface area contributed by atoms with E-state index >= 15 is 0 Å². The molecule has 0 aliphatic rings. The lowest BCUT2D eigenvalue weighted by molar-refractivity contribution is -0.384. The number of nitro groups is 1. The lowest BCUT2D eigenvalue weighted by atomic mass is 10.0. The Hall–Kier alpha value is -2.24. The normalized spacial score (nSPS) is 10.8. The van der Waals surface area contributed by atoms with Gasteiger partial charge in [-0.2, -0.15) is 5.10 Å². The van der Waals surface area contributed by atoms with Crippen LogP contribution in [0.25, 0.3) is 5.69 Å². The third-order valence-electron chi connectivity index (χ3n) is 2.53. The summed E-state index contributed by atoms with van der Waals surface area (Å²) in [7, 11) is 0. The minimum atomic E-state index is -0.416. The van der Waals surface area contributed by atoms with E-state index in [1.807, 2.05) is 13.8 Å². The Morgan fingerprint density at radius 3 is 2.71 bits per heavy atom. The maximum Gasteiger partial charge on any atom is 0.294 e. The van der Waals surface area contributed by atoms with Gasteiger partial charge in [0.15, 0.2) is 0 Å². The third-order valence-corrected chi connectivity index (χ3v) is 2.53. The molecule has 0 radical (unpaired) electrons. The number of benzene rings is 1. The Morgan fingerprint density at radius 2 is 2.18 bits per heavy atom. The average Bonchev–Trinajstić information content (AvgIpc) is 2.81. The van der Waals surface area contributed by atoms with Crippen LogP contribution in [0.4, 0.5) is 5.69 Å². The van der Waals surface area contributed by atoms with Gasteiger partial charge in [-0.15, -0.1) is 0 Å². The van der Waals surface area contributed by atoms with Crippen LogP contribution < -0.4 is 0 Å². The second-order valence-electron chi connectivity index (χ2n) is 4.00. The van der Waals surface area contributed by atoms with Gasteiger partial charge in [-0.05, 0) is 17.5 Å². The van der Waals surface area contributed by atoms with E-state index in [1.165, 1.54) is 23.4 Å². The first-order valence-corrected chi connectivity index (χ1v) is 5.23. The van der Waals surface area contributed by atoms with Crippen molar-refractivity contribution in [3.05, 3.63) is 46.5 Å². The minimum absolute atomic E-state index is 0.0277. The smallest absolute Gasteiger partial charge is 0.258 e. The summed E-state index contributed by atoms with van der Waals surface area (Å²) in [6.07, 6.45) is 2.80. The topological polar surface area (TPSA) is 73.8 Å². The van der Waals surface area contributed by atoms with Gasteiger partial charge in [0.25, 0.3) is 5.69 Å². The van der Waals surface area contributed by atoms with Crippen molar-refractivity contribution in [2.24, 2.45) is 0 Å². The summed E-state index contributed by atoms with van der Waals surface area (Å²) < 4.78 is 1.41. The summed E-state index contributed by atoms with van der Waals surface area (Å²) in [5.41, 5.74) is 1.50. The zero-order chi connectivity index (χ0) is 12.4. The molecule has 0 N–H and O–H groups in total. The van der Waals surface area contributed by atoms with Gasteiger partial charge < -0.3 is 0 Å². The molecule has 88 valence electrons. The van der Waals surface area contributed by atoms with Crippen molar-refractivity contribution in [1.29, 1.82) is 0 Å². The summed E-state index contributed by atoms with van der Waals surface area (Å²) >= 11 is 0. The standard InChI is InChI=1S/C11H12N4O2/c1-8(2)9-3-4-10(15(16)17)11(5-9)14-7-12-6-13-14/h3-8H,1-2H3. The quantitative estimate of drug-likeness (QED) is 0.601. The van der Waals surface area contributed by atoms with E-state index in [2.05, 4.69) is 10.1 Å². The summed E-state index contributed by atoms with van der Waals surface area (Å²) in [5.74, 6) is 0.304. The van der Waals surface area contributed by atoms with Crippen LogP contribution in [0.15, 0.2) is 30.9 Å². The molecule has 2 aromatic rings. The highest BCUT2D eigenvalue weighted by Gasteiger charge is 2.17. The van der Waals surface area contributed by atoms with E-state index in [0.717, 1.165) is 5.56 Å². The summed E-state index contributed by atoms with van der Waals surface area (Å²) in [6.45, 7) is 4.07. The second-order valence-corrected chi connectivity index (χ2v) is 4.00. The molecule has 0 unspecified atom stereocenters. The van der Waals surface area contributed by atoms with Crippen LogP contribution in [-0.2, 0) is 0 Å².